The van der Waals surface area contributed by atoms with E-state index in [4.69, 9.17) is 0 Å². The molecule has 0 saturated heterocycles. The predicted octanol–water partition coefficient (Wildman–Crippen LogP) is 3.82. The van der Waals surface area contributed by atoms with E-state index in [1.54, 1.807) is 11.1 Å². The van der Waals surface area contributed by atoms with Crippen LogP contribution in [0.4, 0.5) is 0 Å². The maximum absolute atomic E-state index is 2.43. The summed E-state index contributed by atoms with van der Waals surface area (Å²) in [6.45, 7) is 9.60. The van der Waals surface area contributed by atoms with Crippen molar-refractivity contribution in [1.82, 2.24) is 0 Å². The molecule has 0 aromatic heterocycles. The molecule has 2 aliphatic rings. The molecule has 0 spiro atoms. The van der Waals surface area contributed by atoms with Gasteiger partial charge in [0.05, 0.1) is 0 Å². The second kappa shape index (κ2) is 13.2. The largest absolute Gasteiger partial charge is 1.00 e. The second-order valence-electron chi connectivity index (χ2n) is 10.4. The first-order valence-corrected chi connectivity index (χ1v) is 17.8. The Balaban J connectivity index is 0.00000194. The van der Waals surface area contributed by atoms with Gasteiger partial charge < -0.3 is 24.8 Å². The molecule has 0 nitrogen and oxygen atoms in total. The van der Waals surface area contributed by atoms with Gasteiger partial charge in [-0.15, -0.1) is 0 Å². The third-order valence-electron chi connectivity index (χ3n) is 8.32. The number of benzene rings is 4. The van der Waals surface area contributed by atoms with E-state index in [9.17, 15) is 0 Å². The van der Waals surface area contributed by atoms with Crippen LogP contribution >= 0.6 is 16.4 Å². The first kappa shape index (κ1) is 32.1. The first-order chi connectivity index (χ1) is 19.0. The molecule has 41 heavy (non-hydrogen) atoms. The van der Waals surface area contributed by atoms with Crippen molar-refractivity contribution in [3.05, 3.63) is 166 Å². The van der Waals surface area contributed by atoms with E-state index in [0.29, 0.717) is 0 Å². The Labute approximate surface area is 272 Å². The number of hydrogen-bond acceptors (Lipinski definition) is 0. The fourth-order valence-electron chi connectivity index (χ4n) is 5.89. The van der Waals surface area contributed by atoms with Gasteiger partial charge in [0.15, 0.2) is 0 Å². The van der Waals surface area contributed by atoms with Crippen LogP contribution in [0.2, 0.25) is 0 Å². The van der Waals surface area contributed by atoms with Gasteiger partial charge in [0.2, 0.25) is 0 Å². The zero-order chi connectivity index (χ0) is 27.0. The molecule has 4 aromatic carbocycles. The summed E-state index contributed by atoms with van der Waals surface area (Å²) in [6, 6.07) is 45.1. The standard InChI is InChI=1S/2C18H16P.2ClH.Zr/c2*1-13-14(2)18(16-11-7-4-8-12-16)19-17(13)15-9-5-3-6-10-15;;;/h2*3-12H,1-2H3;2*1H;/q;;;;+2/p-2. The van der Waals surface area contributed by atoms with Crippen molar-refractivity contribution in [3.8, 4) is 0 Å². The Hall–Kier alpha value is -1.84. The molecule has 2 aliphatic heterocycles. The van der Waals surface area contributed by atoms with Crippen molar-refractivity contribution < 1.29 is 48.0 Å². The zero-order valence-corrected chi connectivity index (χ0v) is 29.5. The summed E-state index contributed by atoms with van der Waals surface area (Å²) in [6.07, 6.45) is 0. The van der Waals surface area contributed by atoms with Crippen LogP contribution in [0, 0.1) is 0 Å². The maximum Gasteiger partial charge on any atom is -1.00 e. The quantitative estimate of drug-likeness (QED) is 0.271. The van der Waals surface area contributed by atoms with E-state index in [-0.39, 0.29) is 30.5 Å². The molecule has 0 aliphatic carbocycles. The SMILES string of the molecule is CC1=C(C)[C]([Zr+2][C]2(c3ccccc3)P=C(c3ccccc3)C(C)=C2C)(c2ccccc2)P=C1c1ccccc1.[Cl-].[Cl-]. The van der Waals surface area contributed by atoms with Crippen LogP contribution in [0.3, 0.4) is 0 Å². The minimum atomic E-state index is -1.28. The number of halogens is 2. The van der Waals surface area contributed by atoms with Gasteiger partial charge in [-0.05, 0) is 0 Å². The molecular weight excluding hydrogens is 656 g/mol. The molecule has 4 aromatic rings. The van der Waals surface area contributed by atoms with E-state index in [1.807, 2.05) is 0 Å². The van der Waals surface area contributed by atoms with Crippen LogP contribution in [0.15, 0.2) is 144 Å². The molecule has 5 heteroatoms. The van der Waals surface area contributed by atoms with Crippen LogP contribution in [-0.2, 0) is 29.0 Å². The topological polar surface area (TPSA) is 0 Å². The molecule has 0 amide bonds. The molecule has 2 unspecified atom stereocenters. The first-order valence-electron chi connectivity index (χ1n) is 13.5. The molecule has 2 heterocycles. The Bertz CT molecular complexity index is 1520. The van der Waals surface area contributed by atoms with Crippen LogP contribution in [0.5, 0.6) is 0 Å². The Morgan fingerprint density at radius 1 is 0.439 bits per heavy atom. The molecule has 6 rings (SSSR count). The Morgan fingerprint density at radius 2 is 0.732 bits per heavy atom. The van der Waals surface area contributed by atoms with Gasteiger partial charge in [-0.1, -0.05) is 0 Å². The van der Waals surface area contributed by atoms with E-state index in [1.165, 1.54) is 60.4 Å². The van der Waals surface area contributed by atoms with Crippen molar-refractivity contribution in [3.63, 3.8) is 0 Å². The molecule has 0 N–H and O–H groups in total. The minimum absolute atomic E-state index is 0. The summed E-state index contributed by atoms with van der Waals surface area (Å²) in [5.41, 5.74) is 11.8. The van der Waals surface area contributed by atoms with Crippen molar-refractivity contribution in [2.24, 2.45) is 0 Å². The van der Waals surface area contributed by atoms with E-state index < -0.39 is 23.2 Å². The van der Waals surface area contributed by atoms with Crippen LogP contribution in [0.1, 0.15) is 49.9 Å². The number of hydrogen-bond donors (Lipinski definition) is 0. The third kappa shape index (κ3) is 5.63. The summed E-state index contributed by atoms with van der Waals surface area (Å²) < 4.78 is 0.104. The van der Waals surface area contributed by atoms with Gasteiger partial charge in [0.1, 0.15) is 0 Å². The normalized spacial score (nSPS) is 22.2. The smallest absolute Gasteiger partial charge is 1.00 e. The molecule has 204 valence electrons. The zero-order valence-electron chi connectivity index (χ0n) is 23.7. The van der Waals surface area contributed by atoms with Crippen molar-refractivity contribution in [2.45, 2.75) is 33.4 Å². The van der Waals surface area contributed by atoms with Gasteiger partial charge in [0, 0.05) is 0 Å². The fourth-order valence-corrected chi connectivity index (χ4v) is 18.8. The van der Waals surface area contributed by atoms with Crippen LogP contribution in [0.25, 0.3) is 0 Å². The third-order valence-corrected chi connectivity index (χ3v) is 19.8. The molecular formula is C36H32Cl2P2Zr. The average molecular weight is 689 g/mol. The maximum atomic E-state index is 2.43. The van der Waals surface area contributed by atoms with Crippen molar-refractivity contribution in [1.29, 1.82) is 0 Å². The summed E-state index contributed by atoms with van der Waals surface area (Å²) in [4.78, 5) is 0. The van der Waals surface area contributed by atoms with E-state index >= 15 is 0 Å². The van der Waals surface area contributed by atoms with Gasteiger partial charge in [-0.2, -0.15) is 0 Å². The molecule has 0 saturated carbocycles. The minimum Gasteiger partial charge on any atom is -1.00 e. The molecule has 0 bridgehead atoms. The molecule has 0 fully saturated rings. The van der Waals surface area contributed by atoms with Crippen molar-refractivity contribution in [2.75, 3.05) is 0 Å². The molecule has 2 atom stereocenters. The van der Waals surface area contributed by atoms with Gasteiger partial charge in [-0.3, -0.25) is 0 Å². The molecule has 0 radical (unpaired) electrons. The number of rotatable bonds is 6. The van der Waals surface area contributed by atoms with E-state index in [0.717, 1.165) is 0 Å². The van der Waals surface area contributed by atoms with E-state index in [2.05, 4.69) is 149 Å². The summed E-state index contributed by atoms with van der Waals surface area (Å²) in [5, 5.41) is 3.00. The monoisotopic (exact) mass is 686 g/mol. The summed E-state index contributed by atoms with van der Waals surface area (Å²) in [5.74, 6) is 0. The van der Waals surface area contributed by atoms with Crippen LogP contribution in [-0.4, -0.2) is 10.6 Å². The van der Waals surface area contributed by atoms with Gasteiger partial charge in [-0.25, -0.2) is 0 Å². The predicted molar refractivity (Wildman–Crippen MR) is 168 cm³/mol. The number of allylic oxidation sites excluding steroid dienone is 4. The van der Waals surface area contributed by atoms with Crippen molar-refractivity contribution >= 4 is 27.0 Å². The average Bonchev–Trinajstić information content (AvgIpc) is 3.41. The van der Waals surface area contributed by atoms with Gasteiger partial charge >= 0.3 is 250 Å². The fraction of sp³-hybridized carbons (Fsp3) is 0.167. The Kier molecular flexibility index (Phi) is 10.3. The second-order valence-corrected chi connectivity index (χ2v) is 19.5. The summed E-state index contributed by atoms with van der Waals surface area (Å²) >= 11 is -1.28. The summed E-state index contributed by atoms with van der Waals surface area (Å²) in [7, 11) is 2.89. The Morgan fingerprint density at radius 3 is 1.05 bits per heavy atom. The van der Waals surface area contributed by atoms with Crippen LogP contribution < -0.4 is 24.8 Å². The van der Waals surface area contributed by atoms with Gasteiger partial charge in [0.25, 0.3) is 0 Å².